The third-order valence-corrected chi connectivity index (χ3v) is 5.77. The molecule has 2 rings (SSSR count). The molecule has 0 amide bonds. The lowest BCUT2D eigenvalue weighted by Crippen LogP contribution is -2.26. The highest BCUT2D eigenvalue weighted by Crippen LogP contribution is 2.31. The first-order valence-electron chi connectivity index (χ1n) is 9.69. The van der Waals surface area contributed by atoms with Crippen molar-refractivity contribution in [2.45, 2.75) is 71.8 Å². The highest BCUT2D eigenvalue weighted by atomic mass is 16.5. The van der Waals surface area contributed by atoms with Crippen LogP contribution in [0.15, 0.2) is 48.5 Å². The van der Waals surface area contributed by atoms with Gasteiger partial charge in [0.15, 0.2) is 5.78 Å². The van der Waals surface area contributed by atoms with Gasteiger partial charge in [-0.25, -0.2) is 0 Å². The van der Waals surface area contributed by atoms with Crippen LogP contribution in [0.3, 0.4) is 0 Å². The van der Waals surface area contributed by atoms with E-state index < -0.39 is 0 Å². The Morgan fingerprint density at radius 3 is 1.65 bits per heavy atom. The minimum Gasteiger partial charge on any atom is -0.488 e. The first-order chi connectivity index (χ1) is 12.2. The van der Waals surface area contributed by atoms with Crippen LogP contribution in [0.5, 0.6) is 5.75 Å². The molecular formula is C24H32O2. The molecular weight excluding hydrogens is 320 g/mol. The monoisotopic (exact) mass is 352 g/mol. The lowest BCUT2D eigenvalue weighted by molar-refractivity contribution is 0.103. The van der Waals surface area contributed by atoms with Gasteiger partial charge in [-0.1, -0.05) is 52.0 Å². The van der Waals surface area contributed by atoms with Gasteiger partial charge in [0.1, 0.15) is 11.4 Å². The van der Waals surface area contributed by atoms with Gasteiger partial charge in [0.2, 0.25) is 0 Å². The average molecular weight is 353 g/mol. The smallest absolute Gasteiger partial charge is 0.193 e. The molecule has 0 heterocycles. The molecule has 2 aromatic carbocycles. The van der Waals surface area contributed by atoms with Crippen molar-refractivity contribution in [1.29, 1.82) is 0 Å². The second-order valence-electron chi connectivity index (χ2n) is 7.91. The number of rotatable bonds is 8. The molecule has 0 N–H and O–H groups in total. The van der Waals surface area contributed by atoms with Crippen LogP contribution in [-0.4, -0.2) is 11.4 Å². The van der Waals surface area contributed by atoms with Crippen molar-refractivity contribution in [3.05, 3.63) is 65.2 Å². The van der Waals surface area contributed by atoms with Gasteiger partial charge in [-0.3, -0.25) is 4.79 Å². The summed E-state index contributed by atoms with van der Waals surface area (Å²) in [6, 6.07) is 15.5. The van der Waals surface area contributed by atoms with Crippen LogP contribution < -0.4 is 4.74 Å². The number of hydrogen-bond acceptors (Lipinski definition) is 2. The van der Waals surface area contributed by atoms with E-state index in [1.165, 1.54) is 5.56 Å². The van der Waals surface area contributed by atoms with Gasteiger partial charge in [0.25, 0.3) is 0 Å². The maximum absolute atomic E-state index is 12.8. The minimum atomic E-state index is -0.202. The molecule has 0 aliphatic heterocycles. The number of ether oxygens (including phenoxy) is 1. The topological polar surface area (TPSA) is 26.3 Å². The van der Waals surface area contributed by atoms with Crippen LogP contribution in [0.4, 0.5) is 0 Å². The van der Waals surface area contributed by atoms with Gasteiger partial charge in [-0.15, -0.1) is 0 Å². The summed E-state index contributed by atoms with van der Waals surface area (Å²) >= 11 is 0. The van der Waals surface area contributed by atoms with Crippen LogP contribution in [-0.2, 0) is 5.41 Å². The molecule has 0 unspecified atom stereocenters. The fraction of sp³-hybridized carbons (Fsp3) is 0.458. The molecule has 26 heavy (non-hydrogen) atoms. The Bertz CT molecular complexity index is 720. The standard InChI is InChI=1S/C24H32O2/c1-7-23(4,5)26-21-16-12-19(13-17-21)22(25)18-10-14-20(15-11-18)24(6,8-2)9-3/h10-17H,7-9H2,1-6H3. The number of hydrogen-bond donors (Lipinski definition) is 0. The SMILES string of the molecule is CCC(C)(C)Oc1ccc(C(=O)c2ccc(C(C)(CC)CC)cc2)cc1. The highest BCUT2D eigenvalue weighted by molar-refractivity contribution is 6.09. The Morgan fingerprint density at radius 2 is 1.23 bits per heavy atom. The molecule has 0 saturated heterocycles. The molecule has 0 aliphatic carbocycles. The van der Waals surface area contributed by atoms with Gasteiger partial charge in [-0.2, -0.15) is 0 Å². The van der Waals surface area contributed by atoms with Crippen LogP contribution in [0, 0.1) is 0 Å². The largest absolute Gasteiger partial charge is 0.488 e. The maximum Gasteiger partial charge on any atom is 0.193 e. The second kappa shape index (κ2) is 8.07. The first-order valence-corrected chi connectivity index (χ1v) is 9.69. The summed E-state index contributed by atoms with van der Waals surface area (Å²) in [6.07, 6.45) is 3.10. The van der Waals surface area contributed by atoms with Gasteiger partial charge in [0, 0.05) is 11.1 Å². The zero-order chi connectivity index (χ0) is 19.4. The summed E-state index contributed by atoms with van der Waals surface area (Å²) in [5.41, 5.74) is 2.68. The van der Waals surface area contributed by atoms with Crippen molar-refractivity contribution < 1.29 is 9.53 Å². The van der Waals surface area contributed by atoms with Crippen LogP contribution >= 0.6 is 0 Å². The van der Waals surface area contributed by atoms with E-state index in [0.29, 0.717) is 5.56 Å². The van der Waals surface area contributed by atoms with E-state index in [-0.39, 0.29) is 16.8 Å². The third kappa shape index (κ3) is 4.55. The number of carbonyl (C=O) groups excluding carboxylic acids is 1. The van der Waals surface area contributed by atoms with Crippen LogP contribution in [0.2, 0.25) is 0 Å². The zero-order valence-electron chi connectivity index (χ0n) is 17.1. The lowest BCUT2D eigenvalue weighted by atomic mass is 9.77. The average Bonchev–Trinajstić information content (AvgIpc) is 2.67. The highest BCUT2D eigenvalue weighted by Gasteiger charge is 2.22. The van der Waals surface area contributed by atoms with E-state index in [9.17, 15) is 4.79 Å². The Labute approximate surface area is 158 Å². The fourth-order valence-corrected chi connectivity index (χ4v) is 2.91. The molecule has 0 bridgehead atoms. The summed E-state index contributed by atoms with van der Waals surface area (Å²) in [7, 11) is 0. The van der Waals surface area contributed by atoms with Crippen LogP contribution in [0.1, 0.15) is 82.3 Å². The summed E-state index contributed by atoms with van der Waals surface area (Å²) < 4.78 is 5.96. The van der Waals surface area contributed by atoms with Crippen molar-refractivity contribution >= 4 is 5.78 Å². The molecule has 0 saturated carbocycles. The van der Waals surface area contributed by atoms with Gasteiger partial charge >= 0.3 is 0 Å². The summed E-state index contributed by atoms with van der Waals surface area (Å²) in [4.78, 5) is 12.8. The Hall–Kier alpha value is -2.09. The third-order valence-electron chi connectivity index (χ3n) is 5.77. The van der Waals surface area contributed by atoms with Gasteiger partial charge in [0.05, 0.1) is 0 Å². The molecule has 2 nitrogen and oxygen atoms in total. The zero-order valence-corrected chi connectivity index (χ0v) is 17.1. The van der Waals surface area contributed by atoms with E-state index in [0.717, 1.165) is 30.6 Å². The van der Waals surface area contributed by atoms with Crippen molar-refractivity contribution in [1.82, 2.24) is 0 Å². The van der Waals surface area contributed by atoms with Crippen LogP contribution in [0.25, 0.3) is 0 Å². The molecule has 0 aromatic heterocycles. The second-order valence-corrected chi connectivity index (χ2v) is 7.91. The van der Waals surface area contributed by atoms with E-state index in [1.54, 1.807) is 0 Å². The minimum absolute atomic E-state index is 0.0487. The lowest BCUT2D eigenvalue weighted by Gasteiger charge is -2.27. The van der Waals surface area contributed by atoms with E-state index in [2.05, 4.69) is 53.7 Å². The molecule has 140 valence electrons. The Kier molecular flexibility index (Phi) is 6.28. The van der Waals surface area contributed by atoms with Crippen molar-refractivity contribution in [2.24, 2.45) is 0 Å². The molecule has 0 radical (unpaired) electrons. The molecule has 0 spiro atoms. The number of carbonyl (C=O) groups is 1. The quantitative estimate of drug-likeness (QED) is 0.503. The van der Waals surface area contributed by atoms with E-state index in [1.807, 2.05) is 36.4 Å². The predicted octanol–water partition coefficient (Wildman–Crippen LogP) is 6.56. The Balaban J connectivity index is 2.16. The summed E-state index contributed by atoms with van der Waals surface area (Å²) in [5, 5.41) is 0. The molecule has 0 fully saturated rings. The molecule has 0 atom stereocenters. The van der Waals surface area contributed by atoms with Crippen molar-refractivity contribution in [3.8, 4) is 5.75 Å². The molecule has 2 heteroatoms. The van der Waals surface area contributed by atoms with Gasteiger partial charge in [-0.05, 0) is 68.4 Å². The predicted molar refractivity (Wildman–Crippen MR) is 109 cm³/mol. The number of benzene rings is 2. The van der Waals surface area contributed by atoms with E-state index in [4.69, 9.17) is 4.74 Å². The van der Waals surface area contributed by atoms with Crippen molar-refractivity contribution in [3.63, 3.8) is 0 Å². The maximum atomic E-state index is 12.8. The van der Waals surface area contributed by atoms with Crippen molar-refractivity contribution in [2.75, 3.05) is 0 Å². The molecule has 0 aliphatic rings. The molecule has 2 aromatic rings. The van der Waals surface area contributed by atoms with Gasteiger partial charge < -0.3 is 4.74 Å². The first kappa shape index (κ1) is 20.2. The summed E-state index contributed by atoms with van der Waals surface area (Å²) in [5.74, 6) is 0.845. The van der Waals surface area contributed by atoms with E-state index >= 15 is 0 Å². The fourth-order valence-electron chi connectivity index (χ4n) is 2.91. The Morgan fingerprint density at radius 1 is 0.769 bits per heavy atom. The summed E-state index contributed by atoms with van der Waals surface area (Å²) in [6.45, 7) is 12.9. The number of ketones is 1. The normalized spacial score (nSPS) is 12.1.